The minimum atomic E-state index is 0.135. The normalized spacial score (nSPS) is 17.1. The Kier molecular flexibility index (Phi) is 4.48. The average Bonchev–Trinajstić information content (AvgIpc) is 2.33. The number of halogens is 1. The zero-order chi connectivity index (χ0) is 13.1. The molecule has 1 aromatic rings. The lowest BCUT2D eigenvalue weighted by molar-refractivity contribution is 0.227. The molecule has 0 amide bonds. The maximum Gasteiger partial charge on any atom is 0.141 e. The van der Waals surface area contributed by atoms with Crippen molar-refractivity contribution in [1.29, 1.82) is 0 Å². The van der Waals surface area contributed by atoms with Crippen LogP contribution in [0.5, 0.6) is 11.5 Å². The first-order valence-electron chi connectivity index (χ1n) is 6.09. The second kappa shape index (κ2) is 5.91. The molecular formula is C13H19BrN2O2. The Morgan fingerprint density at radius 3 is 2.50 bits per heavy atom. The van der Waals surface area contributed by atoms with Gasteiger partial charge in [0.1, 0.15) is 16.0 Å². The van der Waals surface area contributed by atoms with E-state index in [4.69, 9.17) is 15.3 Å². The first-order chi connectivity index (χ1) is 8.72. The summed E-state index contributed by atoms with van der Waals surface area (Å²) in [4.78, 5) is 0. The van der Waals surface area contributed by atoms with E-state index < -0.39 is 0 Å². The molecule has 3 N–H and O–H groups in total. The van der Waals surface area contributed by atoms with E-state index in [2.05, 4.69) is 21.4 Å². The summed E-state index contributed by atoms with van der Waals surface area (Å²) in [6.45, 7) is 0. The van der Waals surface area contributed by atoms with E-state index in [0.717, 1.165) is 21.5 Å². The van der Waals surface area contributed by atoms with Crippen molar-refractivity contribution < 1.29 is 9.47 Å². The van der Waals surface area contributed by atoms with E-state index in [0.29, 0.717) is 5.92 Å². The van der Waals surface area contributed by atoms with Crippen LogP contribution in [0.1, 0.15) is 30.9 Å². The van der Waals surface area contributed by atoms with Gasteiger partial charge in [-0.2, -0.15) is 0 Å². The summed E-state index contributed by atoms with van der Waals surface area (Å²) in [7, 11) is 3.31. The SMILES string of the molecule is COc1ccc(C(NN)C2CCC2)c(OC)c1Br. The number of nitrogens with one attached hydrogen (secondary N) is 1. The van der Waals surface area contributed by atoms with Crippen molar-refractivity contribution in [2.45, 2.75) is 25.3 Å². The first-order valence-corrected chi connectivity index (χ1v) is 6.88. The van der Waals surface area contributed by atoms with Gasteiger partial charge in [0.25, 0.3) is 0 Å². The molecule has 5 heteroatoms. The van der Waals surface area contributed by atoms with Crippen LogP contribution in [0.25, 0.3) is 0 Å². The quantitative estimate of drug-likeness (QED) is 0.648. The second-order valence-corrected chi connectivity index (χ2v) is 5.33. The van der Waals surface area contributed by atoms with Crippen molar-refractivity contribution >= 4 is 15.9 Å². The van der Waals surface area contributed by atoms with Crippen LogP contribution in [-0.2, 0) is 0 Å². The van der Waals surface area contributed by atoms with Crippen LogP contribution < -0.4 is 20.7 Å². The maximum absolute atomic E-state index is 5.71. The Bertz CT molecular complexity index is 422. The van der Waals surface area contributed by atoms with Crippen LogP contribution in [0.3, 0.4) is 0 Å². The van der Waals surface area contributed by atoms with Gasteiger partial charge in [0.15, 0.2) is 0 Å². The fourth-order valence-corrected chi connectivity index (χ4v) is 3.10. The van der Waals surface area contributed by atoms with Gasteiger partial charge in [-0.3, -0.25) is 11.3 Å². The van der Waals surface area contributed by atoms with Gasteiger partial charge in [0.2, 0.25) is 0 Å². The molecule has 1 aliphatic rings. The van der Waals surface area contributed by atoms with Crippen LogP contribution in [0.15, 0.2) is 16.6 Å². The number of hydrazine groups is 1. The highest BCUT2D eigenvalue weighted by Gasteiger charge is 2.30. The Balaban J connectivity index is 2.39. The summed E-state index contributed by atoms with van der Waals surface area (Å²) in [5, 5.41) is 0. The summed E-state index contributed by atoms with van der Waals surface area (Å²) in [5.41, 5.74) is 4.00. The number of nitrogens with two attached hydrogens (primary N) is 1. The van der Waals surface area contributed by atoms with Crippen molar-refractivity contribution in [3.8, 4) is 11.5 Å². The average molecular weight is 315 g/mol. The Morgan fingerprint density at radius 1 is 1.33 bits per heavy atom. The molecule has 0 aliphatic heterocycles. The summed E-state index contributed by atoms with van der Waals surface area (Å²) < 4.78 is 11.6. The lowest BCUT2D eigenvalue weighted by Gasteiger charge is -2.34. The predicted octanol–water partition coefficient (Wildman–Crippen LogP) is 2.77. The van der Waals surface area contributed by atoms with E-state index in [1.165, 1.54) is 19.3 Å². The number of benzene rings is 1. The highest BCUT2D eigenvalue weighted by atomic mass is 79.9. The maximum atomic E-state index is 5.71. The van der Waals surface area contributed by atoms with Gasteiger partial charge in [0.05, 0.1) is 20.3 Å². The summed E-state index contributed by atoms with van der Waals surface area (Å²) in [5.74, 6) is 7.85. The Labute approximate surface area is 116 Å². The molecule has 100 valence electrons. The Morgan fingerprint density at radius 2 is 2.06 bits per heavy atom. The number of rotatable bonds is 5. The molecule has 1 fully saturated rings. The smallest absolute Gasteiger partial charge is 0.141 e. The van der Waals surface area contributed by atoms with Gasteiger partial charge in [0, 0.05) is 5.56 Å². The molecule has 1 atom stereocenters. The van der Waals surface area contributed by atoms with Crippen molar-refractivity contribution in [2.24, 2.45) is 11.8 Å². The highest BCUT2D eigenvalue weighted by Crippen LogP contribution is 2.45. The molecule has 1 aliphatic carbocycles. The third kappa shape index (κ3) is 2.35. The van der Waals surface area contributed by atoms with E-state index in [1.54, 1.807) is 14.2 Å². The summed E-state index contributed by atoms with van der Waals surface area (Å²) >= 11 is 3.52. The van der Waals surface area contributed by atoms with Gasteiger partial charge in [-0.05, 0) is 46.8 Å². The number of hydrogen-bond donors (Lipinski definition) is 2. The monoisotopic (exact) mass is 314 g/mol. The lowest BCUT2D eigenvalue weighted by atomic mass is 9.77. The van der Waals surface area contributed by atoms with E-state index in [-0.39, 0.29) is 6.04 Å². The molecule has 1 saturated carbocycles. The molecule has 2 rings (SSSR count). The second-order valence-electron chi connectivity index (χ2n) is 4.54. The van der Waals surface area contributed by atoms with Crippen LogP contribution in [0.4, 0.5) is 0 Å². The Hall–Kier alpha value is -0.780. The third-order valence-corrected chi connectivity index (χ3v) is 4.40. The molecule has 0 saturated heterocycles. The topological polar surface area (TPSA) is 56.5 Å². The minimum absolute atomic E-state index is 0.135. The molecule has 18 heavy (non-hydrogen) atoms. The van der Waals surface area contributed by atoms with Crippen LogP contribution >= 0.6 is 15.9 Å². The molecule has 0 aromatic heterocycles. The predicted molar refractivity (Wildman–Crippen MR) is 74.7 cm³/mol. The summed E-state index contributed by atoms with van der Waals surface area (Å²) in [6, 6.07) is 4.09. The van der Waals surface area contributed by atoms with Gasteiger partial charge in [-0.15, -0.1) is 0 Å². The third-order valence-electron chi connectivity index (χ3n) is 3.65. The molecule has 0 heterocycles. The molecule has 0 spiro atoms. The van der Waals surface area contributed by atoms with Crippen molar-refractivity contribution in [3.05, 3.63) is 22.2 Å². The highest BCUT2D eigenvalue weighted by molar-refractivity contribution is 9.10. The van der Waals surface area contributed by atoms with Gasteiger partial charge >= 0.3 is 0 Å². The van der Waals surface area contributed by atoms with Gasteiger partial charge in [-0.25, -0.2) is 0 Å². The van der Waals surface area contributed by atoms with Gasteiger partial charge < -0.3 is 9.47 Å². The number of methoxy groups -OCH3 is 2. The van der Waals surface area contributed by atoms with Crippen LogP contribution in [0.2, 0.25) is 0 Å². The molecule has 0 radical (unpaired) electrons. The fourth-order valence-electron chi connectivity index (χ4n) is 2.42. The van der Waals surface area contributed by atoms with E-state index in [9.17, 15) is 0 Å². The van der Waals surface area contributed by atoms with Crippen molar-refractivity contribution in [3.63, 3.8) is 0 Å². The zero-order valence-electron chi connectivity index (χ0n) is 10.7. The molecule has 4 nitrogen and oxygen atoms in total. The summed E-state index contributed by atoms with van der Waals surface area (Å²) in [6.07, 6.45) is 3.70. The zero-order valence-corrected chi connectivity index (χ0v) is 12.3. The van der Waals surface area contributed by atoms with Crippen molar-refractivity contribution in [1.82, 2.24) is 5.43 Å². The number of hydrogen-bond acceptors (Lipinski definition) is 4. The number of ether oxygens (including phenoxy) is 2. The molecule has 1 aromatic carbocycles. The van der Waals surface area contributed by atoms with E-state index in [1.807, 2.05) is 12.1 Å². The molecule has 1 unspecified atom stereocenters. The fraction of sp³-hybridized carbons (Fsp3) is 0.538. The standard InChI is InChI=1S/C13H19BrN2O2/c1-17-10-7-6-9(13(18-2)11(10)14)12(16-15)8-4-3-5-8/h6-8,12,16H,3-5,15H2,1-2H3. The lowest BCUT2D eigenvalue weighted by Crippen LogP contribution is -2.36. The molecule has 0 bridgehead atoms. The molecular weight excluding hydrogens is 296 g/mol. The van der Waals surface area contributed by atoms with Crippen molar-refractivity contribution in [2.75, 3.05) is 14.2 Å². The van der Waals surface area contributed by atoms with E-state index >= 15 is 0 Å². The minimum Gasteiger partial charge on any atom is -0.495 e. The largest absolute Gasteiger partial charge is 0.495 e. The van der Waals surface area contributed by atoms with Crippen LogP contribution in [-0.4, -0.2) is 14.2 Å². The van der Waals surface area contributed by atoms with Gasteiger partial charge in [-0.1, -0.05) is 6.42 Å². The first kappa shape index (κ1) is 13.6. The van der Waals surface area contributed by atoms with Crippen LogP contribution in [0, 0.1) is 5.92 Å².